The van der Waals surface area contributed by atoms with Crippen LogP contribution in [0.15, 0.2) is 72.8 Å². The molecule has 0 bridgehead atoms. The first-order chi connectivity index (χ1) is 19.9. The molecule has 2 N–H and O–H groups in total. The standard InChI is InChI=1S/C32H40ClN5O3/c1-4-36(5-2)18-17-34-31(39)26-23-25(35-32(40)30(33)24-11-7-6-8-12-24)15-16-27(26)37-19-21-38(22-20-37)28-13-9-10-14-29(28)41-3/h6-16,23,30H,4-5,17-22H2,1-3H3,(H,34,39)(H,35,40). The maximum atomic E-state index is 13.5. The SMILES string of the molecule is CCN(CC)CCNC(=O)c1cc(NC(=O)C(Cl)c2ccccc2)ccc1N1CCN(c2ccccc2OC)CC1. The van der Waals surface area contributed by atoms with E-state index in [1.807, 2.05) is 60.7 Å². The number of hydrogen-bond donors (Lipinski definition) is 2. The first-order valence-corrected chi connectivity index (χ1v) is 14.7. The molecule has 218 valence electrons. The van der Waals surface area contributed by atoms with Gasteiger partial charge in [0.1, 0.15) is 11.1 Å². The summed E-state index contributed by atoms with van der Waals surface area (Å²) >= 11 is 6.46. The number of benzene rings is 3. The fraction of sp³-hybridized carbons (Fsp3) is 0.375. The van der Waals surface area contributed by atoms with Gasteiger partial charge in [-0.2, -0.15) is 0 Å². The molecule has 0 aromatic heterocycles. The number of anilines is 3. The molecule has 0 radical (unpaired) electrons. The highest BCUT2D eigenvalue weighted by molar-refractivity contribution is 6.32. The summed E-state index contributed by atoms with van der Waals surface area (Å²) in [5.41, 5.74) is 3.68. The van der Waals surface area contributed by atoms with E-state index in [4.69, 9.17) is 16.3 Å². The highest BCUT2D eigenvalue weighted by atomic mass is 35.5. The van der Waals surface area contributed by atoms with Crippen molar-refractivity contribution in [1.82, 2.24) is 10.2 Å². The van der Waals surface area contributed by atoms with Gasteiger partial charge in [0.25, 0.3) is 5.91 Å². The molecule has 8 nitrogen and oxygen atoms in total. The van der Waals surface area contributed by atoms with E-state index in [1.165, 1.54) is 0 Å². The smallest absolute Gasteiger partial charge is 0.253 e. The van der Waals surface area contributed by atoms with E-state index in [9.17, 15) is 9.59 Å². The zero-order chi connectivity index (χ0) is 29.2. The average Bonchev–Trinajstić information content (AvgIpc) is 3.03. The molecule has 1 fully saturated rings. The van der Waals surface area contributed by atoms with Crippen molar-refractivity contribution in [2.75, 3.05) is 74.6 Å². The summed E-state index contributed by atoms with van der Waals surface area (Å²) in [4.78, 5) is 33.2. The van der Waals surface area contributed by atoms with Crippen LogP contribution in [-0.2, 0) is 4.79 Å². The third-order valence-electron chi connectivity index (χ3n) is 7.49. The lowest BCUT2D eigenvalue weighted by atomic mass is 10.1. The number of methoxy groups -OCH3 is 1. The van der Waals surface area contributed by atoms with Crippen molar-refractivity contribution in [2.45, 2.75) is 19.2 Å². The summed E-state index contributed by atoms with van der Waals surface area (Å²) in [6, 6.07) is 22.7. The third-order valence-corrected chi connectivity index (χ3v) is 7.94. The fourth-order valence-electron chi connectivity index (χ4n) is 5.09. The second-order valence-electron chi connectivity index (χ2n) is 9.92. The minimum Gasteiger partial charge on any atom is -0.495 e. The van der Waals surface area contributed by atoms with Gasteiger partial charge in [-0.3, -0.25) is 9.59 Å². The monoisotopic (exact) mass is 577 g/mol. The van der Waals surface area contributed by atoms with Crippen molar-refractivity contribution in [1.29, 1.82) is 0 Å². The maximum absolute atomic E-state index is 13.5. The fourth-order valence-corrected chi connectivity index (χ4v) is 5.29. The Balaban J connectivity index is 1.52. The molecular weight excluding hydrogens is 538 g/mol. The number of para-hydroxylation sites is 2. The normalized spacial score (nSPS) is 14.1. The summed E-state index contributed by atoms with van der Waals surface area (Å²) in [5, 5.41) is 5.14. The lowest BCUT2D eigenvalue weighted by Gasteiger charge is -2.38. The van der Waals surface area contributed by atoms with Gasteiger partial charge in [-0.05, 0) is 49.0 Å². The number of hydrogen-bond acceptors (Lipinski definition) is 6. The van der Waals surface area contributed by atoms with Crippen molar-refractivity contribution in [2.24, 2.45) is 0 Å². The lowest BCUT2D eigenvalue weighted by Crippen LogP contribution is -2.47. The summed E-state index contributed by atoms with van der Waals surface area (Å²) < 4.78 is 5.57. The van der Waals surface area contributed by atoms with Gasteiger partial charge in [0.05, 0.1) is 18.4 Å². The Kier molecular flexibility index (Phi) is 10.9. The summed E-state index contributed by atoms with van der Waals surface area (Å²) in [5.74, 6) is 0.340. The van der Waals surface area contributed by atoms with Crippen molar-refractivity contribution >= 4 is 40.5 Å². The van der Waals surface area contributed by atoms with Crippen LogP contribution in [0, 0.1) is 0 Å². The maximum Gasteiger partial charge on any atom is 0.253 e. The van der Waals surface area contributed by atoms with Crippen LogP contribution in [0.5, 0.6) is 5.75 Å². The highest BCUT2D eigenvalue weighted by Gasteiger charge is 2.25. The van der Waals surface area contributed by atoms with Gasteiger partial charge in [-0.1, -0.05) is 56.3 Å². The second kappa shape index (κ2) is 14.8. The lowest BCUT2D eigenvalue weighted by molar-refractivity contribution is -0.116. The molecule has 3 aromatic carbocycles. The summed E-state index contributed by atoms with van der Waals surface area (Å²) in [7, 11) is 1.69. The Morgan fingerprint density at radius 3 is 2.20 bits per heavy atom. The van der Waals surface area contributed by atoms with Gasteiger partial charge in [0, 0.05) is 50.6 Å². The number of nitrogens with one attached hydrogen (secondary N) is 2. The van der Waals surface area contributed by atoms with E-state index < -0.39 is 5.38 Å². The number of ether oxygens (including phenoxy) is 1. The van der Waals surface area contributed by atoms with Crippen molar-refractivity contribution in [3.05, 3.63) is 83.9 Å². The topological polar surface area (TPSA) is 77.2 Å². The van der Waals surface area contributed by atoms with E-state index in [0.29, 0.717) is 23.4 Å². The van der Waals surface area contributed by atoms with Gasteiger partial charge in [-0.25, -0.2) is 0 Å². The van der Waals surface area contributed by atoms with E-state index >= 15 is 0 Å². The Bertz CT molecular complexity index is 1290. The number of rotatable bonds is 12. The van der Waals surface area contributed by atoms with Crippen LogP contribution in [0.25, 0.3) is 0 Å². The predicted octanol–water partition coefficient (Wildman–Crippen LogP) is 5.01. The molecule has 41 heavy (non-hydrogen) atoms. The third kappa shape index (κ3) is 7.71. The van der Waals surface area contributed by atoms with Crippen LogP contribution in [-0.4, -0.2) is 76.2 Å². The van der Waals surface area contributed by atoms with E-state index in [-0.39, 0.29) is 11.8 Å². The largest absolute Gasteiger partial charge is 0.495 e. The molecule has 2 amide bonds. The summed E-state index contributed by atoms with van der Waals surface area (Å²) in [6.45, 7) is 10.4. The van der Waals surface area contributed by atoms with Crippen molar-refractivity contribution < 1.29 is 14.3 Å². The molecule has 1 atom stereocenters. The van der Waals surface area contributed by atoms with Gasteiger partial charge in [0.15, 0.2) is 0 Å². The number of carbonyl (C=O) groups is 2. The second-order valence-corrected chi connectivity index (χ2v) is 10.4. The van der Waals surface area contributed by atoms with Crippen LogP contribution in [0.1, 0.15) is 35.1 Å². The van der Waals surface area contributed by atoms with E-state index in [2.05, 4.69) is 45.2 Å². The minimum absolute atomic E-state index is 0.166. The predicted molar refractivity (Wildman–Crippen MR) is 168 cm³/mol. The number of likely N-dealkylation sites (N-methyl/N-ethyl adjacent to an activating group) is 1. The average molecular weight is 578 g/mol. The number of alkyl halides is 1. The van der Waals surface area contributed by atoms with Crippen molar-refractivity contribution in [3.63, 3.8) is 0 Å². The molecule has 9 heteroatoms. The summed E-state index contributed by atoms with van der Waals surface area (Å²) in [6.07, 6.45) is 0. The quantitative estimate of drug-likeness (QED) is 0.295. The molecule has 1 saturated heterocycles. The first-order valence-electron chi connectivity index (χ1n) is 14.2. The highest BCUT2D eigenvalue weighted by Crippen LogP contribution is 2.31. The minimum atomic E-state index is -0.842. The Morgan fingerprint density at radius 2 is 1.54 bits per heavy atom. The van der Waals surface area contributed by atoms with Crippen LogP contribution >= 0.6 is 11.6 Å². The Hall–Kier alpha value is -3.75. The van der Waals surface area contributed by atoms with Gasteiger partial charge in [0.2, 0.25) is 5.91 Å². The zero-order valence-electron chi connectivity index (χ0n) is 24.1. The molecular formula is C32H40ClN5O3. The van der Waals surface area contributed by atoms with Crippen LogP contribution in [0.4, 0.5) is 17.1 Å². The molecule has 0 spiro atoms. The van der Waals surface area contributed by atoms with Gasteiger partial charge in [-0.15, -0.1) is 11.6 Å². The molecule has 1 aliphatic rings. The Labute approximate surface area is 248 Å². The van der Waals surface area contributed by atoms with Crippen molar-refractivity contribution in [3.8, 4) is 5.75 Å². The molecule has 3 aromatic rings. The number of amides is 2. The van der Waals surface area contributed by atoms with E-state index in [0.717, 1.165) is 62.9 Å². The van der Waals surface area contributed by atoms with Gasteiger partial charge < -0.3 is 30.1 Å². The molecule has 0 saturated carbocycles. The number of halogens is 1. The number of piperazine rings is 1. The molecule has 1 unspecified atom stereocenters. The zero-order valence-corrected chi connectivity index (χ0v) is 24.9. The molecule has 0 aliphatic carbocycles. The molecule has 1 heterocycles. The number of carbonyl (C=O) groups excluding carboxylic acids is 2. The van der Waals surface area contributed by atoms with E-state index in [1.54, 1.807) is 13.2 Å². The number of nitrogens with zero attached hydrogens (tertiary/aromatic N) is 3. The molecule has 1 aliphatic heterocycles. The van der Waals surface area contributed by atoms with Crippen LogP contribution in [0.3, 0.4) is 0 Å². The van der Waals surface area contributed by atoms with Crippen LogP contribution < -0.4 is 25.2 Å². The van der Waals surface area contributed by atoms with Gasteiger partial charge >= 0.3 is 0 Å². The first kappa shape index (κ1) is 30.2. The Morgan fingerprint density at radius 1 is 0.902 bits per heavy atom. The molecule has 4 rings (SSSR count). The van der Waals surface area contributed by atoms with Crippen LogP contribution in [0.2, 0.25) is 0 Å².